The summed E-state index contributed by atoms with van der Waals surface area (Å²) in [6.45, 7) is 7.32. The van der Waals surface area contributed by atoms with Gasteiger partial charge in [-0.15, -0.1) is 0 Å². The van der Waals surface area contributed by atoms with E-state index in [0.717, 1.165) is 45.0 Å². The Balaban J connectivity index is 1.53. The maximum absolute atomic E-state index is 12.4. The van der Waals surface area contributed by atoms with E-state index < -0.39 is 0 Å². The second kappa shape index (κ2) is 9.64. The summed E-state index contributed by atoms with van der Waals surface area (Å²) < 4.78 is 5.35. The van der Waals surface area contributed by atoms with Gasteiger partial charge in [-0.3, -0.25) is 9.69 Å². The van der Waals surface area contributed by atoms with E-state index in [9.17, 15) is 4.79 Å². The van der Waals surface area contributed by atoms with Crippen molar-refractivity contribution in [1.29, 1.82) is 0 Å². The molecule has 2 heterocycles. The average Bonchev–Trinajstić information content (AvgIpc) is 2.68. The van der Waals surface area contributed by atoms with Gasteiger partial charge >= 0.3 is 0 Å². The monoisotopic (exact) mass is 389 g/mol. The number of aromatic nitrogens is 2. The third-order valence-corrected chi connectivity index (χ3v) is 4.53. The molecule has 0 unspecified atom stereocenters. The van der Waals surface area contributed by atoms with E-state index in [2.05, 4.69) is 25.5 Å². The molecule has 7 nitrogen and oxygen atoms in total. The first-order chi connectivity index (χ1) is 13.1. The van der Waals surface area contributed by atoms with Crippen molar-refractivity contribution in [1.82, 2.24) is 20.2 Å². The maximum Gasteiger partial charge on any atom is 0.270 e. The number of benzene rings is 1. The van der Waals surface area contributed by atoms with Crippen molar-refractivity contribution in [2.45, 2.75) is 13.5 Å². The fraction of sp³-hybridized carbons (Fsp3) is 0.421. The van der Waals surface area contributed by atoms with Gasteiger partial charge in [0.15, 0.2) is 0 Å². The third-order valence-electron chi connectivity index (χ3n) is 4.27. The molecule has 1 aliphatic heterocycles. The number of hydrogen-bond donors (Lipinski definition) is 2. The van der Waals surface area contributed by atoms with Crippen molar-refractivity contribution in [3.8, 4) is 0 Å². The smallest absolute Gasteiger partial charge is 0.270 e. The van der Waals surface area contributed by atoms with Crippen LogP contribution in [0.3, 0.4) is 0 Å². The van der Waals surface area contributed by atoms with Crippen LogP contribution in [0.4, 0.5) is 5.82 Å². The summed E-state index contributed by atoms with van der Waals surface area (Å²) in [7, 11) is 0. The second-order valence-corrected chi connectivity index (χ2v) is 6.81. The van der Waals surface area contributed by atoms with Crippen molar-refractivity contribution in [3.05, 3.63) is 52.4 Å². The van der Waals surface area contributed by atoms with E-state index in [1.54, 1.807) is 25.1 Å². The number of amides is 1. The van der Waals surface area contributed by atoms with Crippen LogP contribution in [0.15, 0.2) is 30.3 Å². The van der Waals surface area contributed by atoms with Crippen LogP contribution < -0.4 is 10.6 Å². The van der Waals surface area contributed by atoms with Crippen molar-refractivity contribution in [2.75, 3.05) is 44.7 Å². The van der Waals surface area contributed by atoms with Crippen molar-refractivity contribution < 1.29 is 9.53 Å². The quantitative estimate of drug-likeness (QED) is 0.755. The molecule has 1 saturated heterocycles. The molecule has 2 N–H and O–H groups in total. The zero-order chi connectivity index (χ0) is 19.1. The first-order valence-electron chi connectivity index (χ1n) is 9.02. The van der Waals surface area contributed by atoms with E-state index in [0.29, 0.717) is 28.9 Å². The SMILES string of the molecule is Cc1nc(NCCN2CCOCC2)cc(C(=O)NCc2ccc(Cl)cc2)n1. The molecule has 1 fully saturated rings. The summed E-state index contributed by atoms with van der Waals surface area (Å²) in [5, 5.41) is 6.83. The molecule has 0 spiro atoms. The van der Waals surface area contributed by atoms with Gasteiger partial charge in [-0.25, -0.2) is 9.97 Å². The summed E-state index contributed by atoms with van der Waals surface area (Å²) in [4.78, 5) is 23.4. The molecular weight excluding hydrogens is 366 g/mol. The molecule has 0 bridgehead atoms. The minimum absolute atomic E-state index is 0.230. The largest absolute Gasteiger partial charge is 0.379 e. The molecule has 3 rings (SSSR count). The number of ether oxygens (including phenoxy) is 1. The zero-order valence-electron chi connectivity index (χ0n) is 15.4. The Labute approximate surface area is 164 Å². The third kappa shape index (κ3) is 6.16. The lowest BCUT2D eigenvalue weighted by atomic mass is 10.2. The lowest BCUT2D eigenvalue weighted by Crippen LogP contribution is -2.39. The van der Waals surface area contributed by atoms with Gasteiger partial charge in [0.25, 0.3) is 5.91 Å². The Morgan fingerprint density at radius 3 is 2.70 bits per heavy atom. The van der Waals surface area contributed by atoms with Crippen LogP contribution in [-0.2, 0) is 11.3 Å². The maximum atomic E-state index is 12.4. The first kappa shape index (κ1) is 19.5. The van der Waals surface area contributed by atoms with Crippen molar-refractivity contribution in [3.63, 3.8) is 0 Å². The highest BCUT2D eigenvalue weighted by Crippen LogP contribution is 2.10. The van der Waals surface area contributed by atoms with Crippen LogP contribution in [0, 0.1) is 6.92 Å². The highest BCUT2D eigenvalue weighted by molar-refractivity contribution is 6.30. The van der Waals surface area contributed by atoms with Gasteiger partial charge in [-0.1, -0.05) is 23.7 Å². The summed E-state index contributed by atoms with van der Waals surface area (Å²) in [5.41, 5.74) is 1.33. The van der Waals surface area contributed by atoms with Gasteiger partial charge in [-0.2, -0.15) is 0 Å². The average molecular weight is 390 g/mol. The Kier molecular flexibility index (Phi) is 6.98. The Morgan fingerprint density at radius 1 is 1.22 bits per heavy atom. The van der Waals surface area contributed by atoms with E-state index >= 15 is 0 Å². The van der Waals surface area contributed by atoms with Crippen LogP contribution in [0.25, 0.3) is 0 Å². The summed E-state index contributed by atoms with van der Waals surface area (Å²) in [5.74, 6) is 0.988. The Bertz CT molecular complexity index is 763. The first-order valence-corrected chi connectivity index (χ1v) is 9.40. The zero-order valence-corrected chi connectivity index (χ0v) is 16.1. The second-order valence-electron chi connectivity index (χ2n) is 6.38. The minimum Gasteiger partial charge on any atom is -0.379 e. The summed E-state index contributed by atoms with van der Waals surface area (Å²) in [6.07, 6.45) is 0. The normalized spacial score (nSPS) is 14.7. The predicted molar refractivity (Wildman–Crippen MR) is 105 cm³/mol. The molecule has 2 aromatic rings. The molecule has 0 aliphatic carbocycles. The lowest BCUT2D eigenvalue weighted by molar-refractivity contribution is 0.0398. The van der Waals surface area contributed by atoms with Crippen LogP contribution in [0.1, 0.15) is 21.9 Å². The van der Waals surface area contributed by atoms with E-state index in [-0.39, 0.29) is 5.91 Å². The molecule has 1 aromatic carbocycles. The molecule has 0 radical (unpaired) electrons. The standard InChI is InChI=1S/C19H24ClN5O2/c1-14-23-17(19(26)22-13-15-2-4-16(20)5-3-15)12-18(24-14)21-6-7-25-8-10-27-11-9-25/h2-5,12H,6-11,13H2,1H3,(H,22,26)(H,21,23,24). The van der Waals surface area contributed by atoms with Gasteiger partial charge in [0, 0.05) is 43.8 Å². The number of nitrogens with zero attached hydrogens (tertiary/aromatic N) is 3. The van der Waals surface area contributed by atoms with Gasteiger partial charge in [0.1, 0.15) is 17.3 Å². The number of hydrogen-bond acceptors (Lipinski definition) is 6. The van der Waals surface area contributed by atoms with E-state index in [4.69, 9.17) is 16.3 Å². The number of rotatable bonds is 7. The highest BCUT2D eigenvalue weighted by Gasteiger charge is 2.12. The molecule has 0 atom stereocenters. The topological polar surface area (TPSA) is 79.4 Å². The van der Waals surface area contributed by atoms with Crippen LogP contribution in [0.5, 0.6) is 0 Å². The van der Waals surface area contributed by atoms with E-state index in [1.165, 1.54) is 0 Å². The highest BCUT2D eigenvalue weighted by atomic mass is 35.5. The minimum atomic E-state index is -0.230. The van der Waals surface area contributed by atoms with E-state index in [1.807, 2.05) is 12.1 Å². The van der Waals surface area contributed by atoms with Crippen molar-refractivity contribution >= 4 is 23.3 Å². The number of aryl methyl sites for hydroxylation is 1. The van der Waals surface area contributed by atoms with Crippen LogP contribution in [-0.4, -0.2) is 60.2 Å². The molecule has 1 aromatic heterocycles. The molecular formula is C19H24ClN5O2. The Morgan fingerprint density at radius 2 is 1.96 bits per heavy atom. The molecule has 1 aliphatic rings. The fourth-order valence-electron chi connectivity index (χ4n) is 2.82. The fourth-order valence-corrected chi connectivity index (χ4v) is 2.94. The number of morpholine rings is 1. The lowest BCUT2D eigenvalue weighted by Gasteiger charge is -2.26. The van der Waals surface area contributed by atoms with Gasteiger partial charge in [0.2, 0.25) is 0 Å². The Hall–Kier alpha value is -2.22. The van der Waals surface area contributed by atoms with Crippen LogP contribution >= 0.6 is 11.6 Å². The number of anilines is 1. The van der Waals surface area contributed by atoms with Gasteiger partial charge in [-0.05, 0) is 24.6 Å². The molecule has 1 amide bonds. The summed E-state index contributed by atoms with van der Waals surface area (Å²) in [6, 6.07) is 9.05. The number of carbonyl (C=O) groups excluding carboxylic acids is 1. The number of carbonyl (C=O) groups is 1. The molecule has 144 valence electrons. The molecule has 8 heteroatoms. The predicted octanol–water partition coefficient (Wildman–Crippen LogP) is 2.11. The number of nitrogens with one attached hydrogen (secondary N) is 2. The summed E-state index contributed by atoms with van der Waals surface area (Å²) >= 11 is 5.88. The number of halogens is 1. The van der Waals surface area contributed by atoms with Gasteiger partial charge < -0.3 is 15.4 Å². The van der Waals surface area contributed by atoms with Crippen LogP contribution in [0.2, 0.25) is 5.02 Å². The molecule has 27 heavy (non-hydrogen) atoms. The van der Waals surface area contributed by atoms with Crippen molar-refractivity contribution in [2.24, 2.45) is 0 Å². The molecule has 0 saturated carbocycles. The van der Waals surface area contributed by atoms with Gasteiger partial charge in [0.05, 0.1) is 13.2 Å².